The average Bonchev–Trinajstić information content (AvgIpc) is 2.42. The third-order valence-electron chi connectivity index (χ3n) is 2.61. The van der Waals surface area contributed by atoms with Crippen molar-refractivity contribution in [3.8, 4) is 0 Å². The Balaban J connectivity index is 1.93. The molecule has 1 nitrogen and oxygen atoms in total. The van der Waals surface area contributed by atoms with E-state index in [-0.39, 0.29) is 23.8 Å². The fourth-order valence-electron chi connectivity index (χ4n) is 1.65. The lowest BCUT2D eigenvalue weighted by Gasteiger charge is -2.03. The van der Waals surface area contributed by atoms with Gasteiger partial charge in [-0.05, 0) is 29.8 Å². The molecular weight excluding hydrogens is 285 g/mol. The Morgan fingerprint density at radius 3 is 2.40 bits per heavy atom. The Kier molecular flexibility index (Phi) is 4.84. The van der Waals surface area contributed by atoms with Crippen molar-refractivity contribution in [3.05, 3.63) is 65.5 Å². The lowest BCUT2D eigenvalue weighted by atomic mass is 10.1. The first-order valence-electron chi connectivity index (χ1n) is 5.89. The molecular formula is C15H11F3OS. The summed E-state index contributed by atoms with van der Waals surface area (Å²) in [6, 6.07) is 9.52. The number of carbonyl (C=O) groups excluding carboxylic acids is 1. The molecule has 0 bridgehead atoms. The Morgan fingerprint density at radius 1 is 0.950 bits per heavy atom. The molecule has 0 amide bonds. The van der Waals surface area contributed by atoms with Crippen molar-refractivity contribution in [2.24, 2.45) is 0 Å². The van der Waals surface area contributed by atoms with Crippen molar-refractivity contribution >= 4 is 17.5 Å². The Labute approximate surface area is 118 Å². The number of hydrogen-bond acceptors (Lipinski definition) is 2. The minimum Gasteiger partial charge on any atom is -0.298 e. The van der Waals surface area contributed by atoms with Gasteiger partial charge >= 0.3 is 0 Å². The van der Waals surface area contributed by atoms with E-state index in [9.17, 15) is 18.0 Å². The number of carbonyl (C=O) groups is 1. The molecule has 0 aliphatic carbocycles. The summed E-state index contributed by atoms with van der Waals surface area (Å²) in [5.74, 6) is -2.39. The van der Waals surface area contributed by atoms with Gasteiger partial charge in [-0.25, -0.2) is 13.2 Å². The molecule has 0 saturated heterocycles. The topological polar surface area (TPSA) is 17.1 Å². The maximum atomic E-state index is 13.3. The molecule has 0 aromatic heterocycles. The normalized spacial score (nSPS) is 10.6. The fourth-order valence-corrected chi connectivity index (χ4v) is 2.45. The second kappa shape index (κ2) is 6.61. The first-order valence-corrected chi connectivity index (χ1v) is 6.88. The maximum absolute atomic E-state index is 13.3. The highest BCUT2D eigenvalue weighted by Gasteiger charge is 2.09. The Hall–Kier alpha value is -1.75. The number of halogens is 3. The monoisotopic (exact) mass is 296 g/mol. The highest BCUT2D eigenvalue weighted by Crippen LogP contribution is 2.21. The zero-order chi connectivity index (χ0) is 14.5. The molecule has 0 N–H and O–H groups in total. The summed E-state index contributed by atoms with van der Waals surface area (Å²) < 4.78 is 39.1. The Bertz CT molecular complexity index is 628. The summed E-state index contributed by atoms with van der Waals surface area (Å²) in [5, 5.41) is 0. The second-order valence-electron chi connectivity index (χ2n) is 4.18. The largest absolute Gasteiger partial charge is 0.298 e. The molecule has 0 radical (unpaired) electrons. The zero-order valence-electron chi connectivity index (χ0n) is 10.4. The summed E-state index contributed by atoms with van der Waals surface area (Å²) in [6.45, 7) is 0. The number of rotatable bonds is 5. The van der Waals surface area contributed by atoms with Gasteiger partial charge in [0, 0.05) is 11.3 Å². The van der Waals surface area contributed by atoms with Gasteiger partial charge in [0.2, 0.25) is 0 Å². The first kappa shape index (κ1) is 14.7. The molecule has 5 heteroatoms. The van der Waals surface area contributed by atoms with Crippen LogP contribution in [0.5, 0.6) is 0 Å². The van der Waals surface area contributed by atoms with Gasteiger partial charge in [-0.15, -0.1) is 11.8 Å². The van der Waals surface area contributed by atoms with Gasteiger partial charge in [-0.3, -0.25) is 4.79 Å². The van der Waals surface area contributed by atoms with E-state index in [1.807, 2.05) is 0 Å². The van der Waals surface area contributed by atoms with Gasteiger partial charge in [0.05, 0.1) is 5.75 Å². The molecule has 2 aromatic rings. The molecule has 0 aliphatic heterocycles. The zero-order valence-corrected chi connectivity index (χ0v) is 11.2. The average molecular weight is 296 g/mol. The van der Waals surface area contributed by atoms with E-state index in [1.54, 1.807) is 18.2 Å². The van der Waals surface area contributed by atoms with Crippen LogP contribution in [0.15, 0.2) is 47.4 Å². The van der Waals surface area contributed by atoms with Crippen LogP contribution in [-0.4, -0.2) is 11.5 Å². The third-order valence-corrected chi connectivity index (χ3v) is 3.72. The second-order valence-corrected chi connectivity index (χ2v) is 5.20. The molecule has 0 aliphatic rings. The molecule has 0 heterocycles. The van der Waals surface area contributed by atoms with Crippen molar-refractivity contribution in [1.82, 2.24) is 0 Å². The van der Waals surface area contributed by atoms with Crippen LogP contribution < -0.4 is 0 Å². The van der Waals surface area contributed by atoms with Gasteiger partial charge in [0.15, 0.2) is 11.6 Å². The number of benzene rings is 2. The minimum atomic E-state index is -0.975. The summed E-state index contributed by atoms with van der Waals surface area (Å²) >= 11 is 1.09. The van der Waals surface area contributed by atoms with E-state index in [0.717, 1.165) is 23.9 Å². The van der Waals surface area contributed by atoms with E-state index >= 15 is 0 Å². The lowest BCUT2D eigenvalue weighted by molar-refractivity contribution is -0.116. The van der Waals surface area contributed by atoms with Gasteiger partial charge in [0.1, 0.15) is 11.6 Å². The minimum absolute atomic E-state index is 0.00134. The Morgan fingerprint density at radius 2 is 1.70 bits per heavy atom. The molecule has 0 spiro atoms. The van der Waals surface area contributed by atoms with Crippen LogP contribution in [0.1, 0.15) is 5.56 Å². The molecule has 0 saturated carbocycles. The van der Waals surface area contributed by atoms with Crippen LogP contribution in [0.3, 0.4) is 0 Å². The van der Waals surface area contributed by atoms with Crippen LogP contribution in [-0.2, 0) is 11.2 Å². The van der Waals surface area contributed by atoms with Crippen LogP contribution in [0, 0.1) is 17.5 Å². The quantitative estimate of drug-likeness (QED) is 0.776. The van der Waals surface area contributed by atoms with Crippen molar-refractivity contribution in [2.75, 3.05) is 5.75 Å². The van der Waals surface area contributed by atoms with Gasteiger partial charge < -0.3 is 0 Å². The predicted molar refractivity (Wildman–Crippen MR) is 72.2 cm³/mol. The predicted octanol–water partition coefficient (Wildman–Crippen LogP) is 4.01. The molecule has 2 rings (SSSR count). The fraction of sp³-hybridized carbons (Fsp3) is 0.133. The maximum Gasteiger partial charge on any atom is 0.159 e. The third kappa shape index (κ3) is 3.87. The van der Waals surface area contributed by atoms with Gasteiger partial charge in [0.25, 0.3) is 0 Å². The number of hydrogen-bond donors (Lipinski definition) is 0. The van der Waals surface area contributed by atoms with E-state index in [0.29, 0.717) is 10.5 Å². The first-order chi connectivity index (χ1) is 9.56. The van der Waals surface area contributed by atoms with Gasteiger partial charge in [-0.2, -0.15) is 0 Å². The van der Waals surface area contributed by atoms with Crippen LogP contribution in [0.2, 0.25) is 0 Å². The molecule has 2 aromatic carbocycles. The van der Waals surface area contributed by atoms with Crippen LogP contribution in [0.4, 0.5) is 13.2 Å². The lowest BCUT2D eigenvalue weighted by Crippen LogP contribution is -2.06. The van der Waals surface area contributed by atoms with E-state index in [4.69, 9.17) is 0 Å². The molecule has 0 fully saturated rings. The number of thioether (sulfide) groups is 1. The van der Waals surface area contributed by atoms with Gasteiger partial charge in [-0.1, -0.05) is 18.2 Å². The van der Waals surface area contributed by atoms with Crippen LogP contribution >= 0.6 is 11.8 Å². The van der Waals surface area contributed by atoms with Crippen LogP contribution in [0.25, 0.3) is 0 Å². The molecule has 0 unspecified atom stereocenters. The summed E-state index contributed by atoms with van der Waals surface area (Å²) in [6.07, 6.45) is -0.00134. The summed E-state index contributed by atoms with van der Waals surface area (Å²) in [5.41, 5.74) is 0.406. The van der Waals surface area contributed by atoms with E-state index < -0.39 is 11.6 Å². The SMILES string of the molecule is O=C(CSc1ccccc1F)Cc1ccc(F)c(F)c1. The molecule has 20 heavy (non-hydrogen) atoms. The summed E-state index contributed by atoms with van der Waals surface area (Å²) in [4.78, 5) is 12.1. The highest BCUT2D eigenvalue weighted by molar-refractivity contribution is 8.00. The van der Waals surface area contributed by atoms with E-state index in [2.05, 4.69) is 0 Å². The molecule has 0 atom stereocenters. The smallest absolute Gasteiger partial charge is 0.159 e. The van der Waals surface area contributed by atoms with E-state index in [1.165, 1.54) is 12.1 Å². The van der Waals surface area contributed by atoms with Crippen molar-refractivity contribution < 1.29 is 18.0 Å². The number of ketones is 1. The molecule has 104 valence electrons. The highest BCUT2D eigenvalue weighted by atomic mass is 32.2. The standard InChI is InChI=1S/C15H11F3OS/c16-12-6-5-10(8-14(12)18)7-11(19)9-20-15-4-2-1-3-13(15)17/h1-6,8H,7,9H2. The number of Topliss-reactive ketones (excluding diaryl/α,β-unsaturated/α-hetero) is 1. The summed E-state index contributed by atoms with van der Waals surface area (Å²) in [7, 11) is 0. The van der Waals surface area contributed by atoms with Crippen molar-refractivity contribution in [3.63, 3.8) is 0 Å². The van der Waals surface area contributed by atoms with Crippen molar-refractivity contribution in [2.45, 2.75) is 11.3 Å². The van der Waals surface area contributed by atoms with Crippen molar-refractivity contribution in [1.29, 1.82) is 0 Å².